The van der Waals surface area contributed by atoms with Gasteiger partial charge in [0.2, 0.25) is 5.13 Å². The van der Waals surface area contributed by atoms with E-state index in [1.54, 1.807) is 24.4 Å². The third-order valence-corrected chi connectivity index (χ3v) is 3.92. The Morgan fingerprint density at radius 1 is 1.05 bits per heavy atom. The molecule has 0 bridgehead atoms. The van der Waals surface area contributed by atoms with E-state index in [1.165, 1.54) is 23.5 Å². The van der Waals surface area contributed by atoms with Gasteiger partial charge in [-0.2, -0.15) is 0 Å². The number of phenolic OH excluding ortho intramolecular Hbond substituents is 2. The Labute approximate surface area is 135 Å². The number of hydrogen-bond acceptors (Lipinski definition) is 6. The lowest BCUT2D eigenvalue weighted by Crippen LogP contribution is -1.79. The van der Waals surface area contributed by atoms with E-state index >= 15 is 0 Å². The molecule has 2 N–H and O–H groups in total. The highest BCUT2D eigenvalue weighted by molar-refractivity contribution is 7.18. The van der Waals surface area contributed by atoms with E-state index in [1.807, 2.05) is 12.1 Å². The number of phenols is 2. The summed E-state index contributed by atoms with van der Waals surface area (Å²) >= 11 is 7.19. The van der Waals surface area contributed by atoms with Crippen molar-refractivity contribution < 1.29 is 10.2 Å². The Morgan fingerprint density at radius 3 is 2.68 bits per heavy atom. The molecule has 0 aliphatic heterocycles. The molecule has 7 heteroatoms. The van der Waals surface area contributed by atoms with Crippen molar-refractivity contribution in [3.8, 4) is 22.1 Å². The van der Waals surface area contributed by atoms with Crippen molar-refractivity contribution in [3.05, 3.63) is 53.1 Å². The number of rotatable bonds is 3. The van der Waals surface area contributed by atoms with Gasteiger partial charge in [0.05, 0.1) is 0 Å². The molecular weight excluding hydrogens is 322 g/mol. The van der Waals surface area contributed by atoms with Gasteiger partial charge in [0, 0.05) is 16.8 Å². The van der Waals surface area contributed by atoms with Crippen molar-refractivity contribution in [3.63, 3.8) is 0 Å². The number of hydrogen-bond donors (Lipinski definition) is 2. The van der Waals surface area contributed by atoms with Crippen LogP contribution in [0.3, 0.4) is 0 Å². The lowest BCUT2D eigenvalue weighted by molar-refractivity contribution is 0.404. The first-order valence-electron chi connectivity index (χ1n) is 6.27. The summed E-state index contributed by atoms with van der Waals surface area (Å²) in [6.07, 6.45) is 1.66. The number of halogens is 1. The first-order valence-corrected chi connectivity index (χ1v) is 7.47. The molecule has 22 heavy (non-hydrogen) atoms. The molecule has 0 radical (unpaired) electrons. The zero-order valence-corrected chi connectivity index (χ0v) is 12.7. The van der Waals surface area contributed by atoms with Crippen LogP contribution in [0, 0.1) is 0 Å². The Morgan fingerprint density at radius 2 is 1.91 bits per heavy atom. The summed E-state index contributed by atoms with van der Waals surface area (Å²) < 4.78 is 0. The molecule has 0 atom stereocenters. The Kier molecular flexibility index (Phi) is 4.04. The first-order chi connectivity index (χ1) is 10.6. The maximum absolute atomic E-state index is 9.51. The second-order valence-electron chi connectivity index (χ2n) is 4.41. The van der Waals surface area contributed by atoms with Crippen LogP contribution >= 0.6 is 22.9 Å². The molecule has 0 saturated heterocycles. The van der Waals surface area contributed by atoms with E-state index in [-0.39, 0.29) is 11.5 Å². The van der Waals surface area contributed by atoms with Gasteiger partial charge in [-0.25, -0.2) is 4.99 Å². The van der Waals surface area contributed by atoms with Crippen LogP contribution in [-0.2, 0) is 0 Å². The molecule has 1 aromatic heterocycles. The van der Waals surface area contributed by atoms with E-state index in [9.17, 15) is 10.2 Å². The molecule has 0 fully saturated rings. The molecule has 0 saturated carbocycles. The highest BCUT2D eigenvalue weighted by atomic mass is 35.5. The van der Waals surface area contributed by atoms with Crippen molar-refractivity contribution in [1.82, 2.24) is 10.2 Å². The molecule has 3 rings (SSSR count). The Balaban J connectivity index is 1.83. The fraction of sp³-hybridized carbons (Fsp3) is 0. The summed E-state index contributed by atoms with van der Waals surface area (Å²) in [4.78, 5) is 4.25. The van der Waals surface area contributed by atoms with Gasteiger partial charge in [0.15, 0.2) is 11.5 Å². The molecule has 0 amide bonds. The van der Waals surface area contributed by atoms with E-state index in [4.69, 9.17) is 11.6 Å². The summed E-state index contributed by atoms with van der Waals surface area (Å²) in [5, 5.41) is 28.6. The molecule has 2 aromatic carbocycles. The number of benzene rings is 2. The molecule has 5 nitrogen and oxygen atoms in total. The molecule has 0 aliphatic carbocycles. The van der Waals surface area contributed by atoms with Gasteiger partial charge in [-0.15, -0.1) is 10.2 Å². The minimum Gasteiger partial charge on any atom is -0.504 e. The van der Waals surface area contributed by atoms with Crippen molar-refractivity contribution in [2.45, 2.75) is 0 Å². The Hall–Kier alpha value is -2.44. The number of aromatic hydroxyl groups is 2. The van der Waals surface area contributed by atoms with Crippen LogP contribution in [0.1, 0.15) is 5.56 Å². The highest BCUT2D eigenvalue weighted by Gasteiger charge is 2.08. The van der Waals surface area contributed by atoms with E-state index in [0.717, 1.165) is 5.56 Å². The number of nitrogens with zero attached hydrogens (tertiary/aromatic N) is 3. The standard InChI is InChI=1S/C15H10ClN3O2S/c16-11-3-1-2-9(6-11)8-17-15-19-18-14(22-15)10-4-5-12(20)13(21)7-10/h1-8,20-21H. The van der Waals surface area contributed by atoms with Gasteiger partial charge in [-0.1, -0.05) is 35.1 Å². The van der Waals surface area contributed by atoms with E-state index in [2.05, 4.69) is 15.2 Å². The van der Waals surface area contributed by atoms with Gasteiger partial charge in [0.25, 0.3) is 0 Å². The zero-order chi connectivity index (χ0) is 15.5. The quantitative estimate of drug-likeness (QED) is 0.561. The average molecular weight is 332 g/mol. The summed E-state index contributed by atoms with van der Waals surface area (Å²) in [7, 11) is 0. The molecule has 3 aromatic rings. The largest absolute Gasteiger partial charge is 0.504 e. The topological polar surface area (TPSA) is 78.6 Å². The smallest absolute Gasteiger partial charge is 0.231 e. The molecule has 1 heterocycles. The maximum Gasteiger partial charge on any atom is 0.231 e. The van der Waals surface area contributed by atoms with Crippen molar-refractivity contribution in [2.75, 3.05) is 0 Å². The second kappa shape index (κ2) is 6.13. The molecule has 0 aliphatic rings. The lowest BCUT2D eigenvalue weighted by atomic mass is 10.2. The third kappa shape index (κ3) is 3.24. The normalized spacial score (nSPS) is 11.1. The predicted octanol–water partition coefficient (Wildman–Crippen LogP) is 4.02. The van der Waals surface area contributed by atoms with Gasteiger partial charge >= 0.3 is 0 Å². The van der Waals surface area contributed by atoms with Gasteiger partial charge in [-0.05, 0) is 35.9 Å². The van der Waals surface area contributed by atoms with Crippen LogP contribution in [0.25, 0.3) is 10.6 Å². The monoisotopic (exact) mass is 331 g/mol. The van der Waals surface area contributed by atoms with Crippen LogP contribution in [-0.4, -0.2) is 26.6 Å². The SMILES string of the molecule is Oc1ccc(-c2nnc(N=Cc3cccc(Cl)c3)s2)cc1O. The van der Waals surface area contributed by atoms with Crippen LogP contribution < -0.4 is 0 Å². The highest BCUT2D eigenvalue weighted by Crippen LogP contribution is 2.33. The minimum absolute atomic E-state index is 0.174. The molecule has 0 unspecified atom stereocenters. The molecular formula is C15H10ClN3O2S. The van der Waals surface area contributed by atoms with Crippen LogP contribution in [0.4, 0.5) is 5.13 Å². The summed E-state index contributed by atoms with van der Waals surface area (Å²) in [6.45, 7) is 0. The molecule has 110 valence electrons. The van der Waals surface area contributed by atoms with Crippen LogP contribution in [0.2, 0.25) is 5.02 Å². The molecule has 0 spiro atoms. The van der Waals surface area contributed by atoms with E-state index < -0.39 is 0 Å². The van der Waals surface area contributed by atoms with Crippen LogP contribution in [0.5, 0.6) is 11.5 Å². The fourth-order valence-electron chi connectivity index (χ4n) is 1.76. The average Bonchev–Trinajstić information content (AvgIpc) is 2.97. The van der Waals surface area contributed by atoms with Crippen LogP contribution in [0.15, 0.2) is 47.5 Å². The number of aromatic nitrogens is 2. The summed E-state index contributed by atoms with van der Waals surface area (Å²) in [6, 6.07) is 11.8. The minimum atomic E-state index is -0.198. The van der Waals surface area contributed by atoms with E-state index in [0.29, 0.717) is 20.7 Å². The fourth-order valence-corrected chi connectivity index (χ4v) is 2.64. The zero-order valence-electron chi connectivity index (χ0n) is 11.1. The number of aliphatic imine (C=N–C) groups is 1. The summed E-state index contributed by atoms with van der Waals surface area (Å²) in [5.41, 5.74) is 1.53. The van der Waals surface area contributed by atoms with Crippen molar-refractivity contribution >= 4 is 34.3 Å². The Bertz CT molecular complexity index is 848. The summed E-state index contributed by atoms with van der Waals surface area (Å²) in [5.74, 6) is -0.371. The first kappa shape index (κ1) is 14.5. The van der Waals surface area contributed by atoms with Gasteiger partial charge in [-0.3, -0.25) is 0 Å². The maximum atomic E-state index is 9.51. The van der Waals surface area contributed by atoms with Gasteiger partial charge < -0.3 is 10.2 Å². The van der Waals surface area contributed by atoms with Crippen molar-refractivity contribution in [2.24, 2.45) is 4.99 Å². The third-order valence-electron chi connectivity index (χ3n) is 2.81. The van der Waals surface area contributed by atoms with Crippen molar-refractivity contribution in [1.29, 1.82) is 0 Å². The van der Waals surface area contributed by atoms with Gasteiger partial charge in [0.1, 0.15) is 5.01 Å². The lowest BCUT2D eigenvalue weighted by Gasteiger charge is -1.98. The second-order valence-corrected chi connectivity index (χ2v) is 5.80. The predicted molar refractivity (Wildman–Crippen MR) is 87.4 cm³/mol.